The minimum absolute atomic E-state index is 0. The van der Waals surface area contributed by atoms with Crippen LogP contribution in [-0.4, -0.2) is 11.7 Å². The number of halogens is 1. The van der Waals surface area contributed by atoms with Gasteiger partial charge in [-0.1, -0.05) is 39.1 Å². The maximum Gasteiger partial charge on any atom is 0.127 e. The molecule has 0 fully saturated rings. The summed E-state index contributed by atoms with van der Waals surface area (Å²) >= 11 is 0. The highest BCUT2D eigenvalue weighted by Crippen LogP contribution is 2.37. The molecular weight excluding hydrogens is 376 g/mol. The van der Waals surface area contributed by atoms with Gasteiger partial charge in [0.2, 0.25) is 0 Å². The van der Waals surface area contributed by atoms with Crippen molar-refractivity contribution in [3.05, 3.63) is 72.8 Å². The summed E-state index contributed by atoms with van der Waals surface area (Å²) in [6, 6.07) is 11.7. The molecule has 0 aliphatic rings. The summed E-state index contributed by atoms with van der Waals surface area (Å²) in [4.78, 5) is 0. The fourth-order valence-electron chi connectivity index (χ4n) is 2.46. The summed E-state index contributed by atoms with van der Waals surface area (Å²) in [6.07, 6.45) is 5.28. The molecule has 2 aromatic rings. The van der Waals surface area contributed by atoms with Gasteiger partial charge >= 0.3 is 0 Å². The summed E-state index contributed by atoms with van der Waals surface area (Å²) < 4.78 is 5.72. The van der Waals surface area contributed by atoms with E-state index < -0.39 is 0 Å². The first kappa shape index (κ1) is 25.2. The summed E-state index contributed by atoms with van der Waals surface area (Å²) in [5, 5.41) is 10.3. The average molecular weight is 406 g/mol. The predicted octanol–water partition coefficient (Wildman–Crippen LogP) is 3.19. The minimum atomic E-state index is 0. The van der Waals surface area contributed by atoms with E-state index in [2.05, 4.69) is 19.2 Å². The monoisotopic (exact) mass is 405 g/mol. The topological polar surface area (TPSA) is 29.5 Å². The second-order valence-corrected chi connectivity index (χ2v) is 5.10. The first-order valence-corrected chi connectivity index (χ1v) is 7.49. The van der Waals surface area contributed by atoms with Crippen LogP contribution < -0.4 is 21.7 Å². The molecule has 0 aliphatic carbocycles. The van der Waals surface area contributed by atoms with Crippen molar-refractivity contribution in [2.75, 3.05) is 6.61 Å². The van der Waals surface area contributed by atoms with Gasteiger partial charge in [-0.05, 0) is 55.2 Å². The van der Waals surface area contributed by atoms with Gasteiger partial charge in [-0.3, -0.25) is 0 Å². The fourth-order valence-corrected chi connectivity index (χ4v) is 2.46. The quantitative estimate of drug-likeness (QED) is 0.716. The first-order chi connectivity index (χ1) is 10.7. The van der Waals surface area contributed by atoms with E-state index in [1.165, 1.54) is 0 Å². The van der Waals surface area contributed by atoms with Crippen molar-refractivity contribution in [3.8, 4) is 22.6 Å². The Kier molecular flexibility index (Phi) is 12.5. The molecule has 0 aliphatic heterocycles. The second kappa shape index (κ2) is 12.4. The highest BCUT2D eigenvalue weighted by molar-refractivity contribution is 5.76. The molecule has 2 nitrogen and oxygen atoms in total. The van der Waals surface area contributed by atoms with Crippen LogP contribution in [0.15, 0.2) is 61.7 Å². The normalized spacial score (nSPS) is 9.00. The maximum absolute atomic E-state index is 10.3. The van der Waals surface area contributed by atoms with Crippen LogP contribution in [-0.2, 0) is 12.8 Å². The lowest BCUT2D eigenvalue weighted by Gasteiger charge is -2.14. The number of rotatable bonds is 7. The molecule has 3 heteroatoms. The zero-order valence-corrected chi connectivity index (χ0v) is 15.0. The van der Waals surface area contributed by atoms with Gasteiger partial charge in [-0.15, -0.1) is 13.2 Å². The van der Waals surface area contributed by atoms with Crippen molar-refractivity contribution in [2.24, 2.45) is 0 Å². The number of allylic oxidation sites excluding steroid dienone is 2. The Morgan fingerprint density at radius 3 is 1.96 bits per heavy atom. The number of hydrogen-bond donors (Lipinski definition) is 1. The molecule has 0 spiro atoms. The van der Waals surface area contributed by atoms with Crippen LogP contribution in [0.2, 0.25) is 0 Å². The summed E-state index contributed by atoms with van der Waals surface area (Å²) in [5.74, 6) is 1.03. The number of ether oxygens (including phenoxy) is 1. The van der Waals surface area contributed by atoms with Crippen molar-refractivity contribution >= 4 is 0 Å². The molecule has 2 rings (SSSR count). The van der Waals surface area contributed by atoms with E-state index in [0.717, 1.165) is 40.8 Å². The Morgan fingerprint density at radius 2 is 1.44 bits per heavy atom. The lowest BCUT2D eigenvalue weighted by atomic mass is 9.97. The zero-order chi connectivity index (χ0) is 15.9. The average Bonchev–Trinajstić information content (AvgIpc) is 2.51. The van der Waals surface area contributed by atoms with Gasteiger partial charge in [0.05, 0.1) is 6.61 Å². The van der Waals surface area contributed by atoms with Crippen LogP contribution in [0.1, 0.15) is 32.9 Å². The van der Waals surface area contributed by atoms with E-state index in [1.54, 1.807) is 6.07 Å². The van der Waals surface area contributed by atoms with Gasteiger partial charge in [-0.25, -0.2) is 0 Å². The molecule has 0 bridgehead atoms. The Hall–Kier alpha value is -2.00. The van der Waals surface area contributed by atoms with Gasteiger partial charge < -0.3 is 26.8 Å². The predicted molar refractivity (Wildman–Crippen MR) is 106 cm³/mol. The van der Waals surface area contributed by atoms with Crippen molar-refractivity contribution in [3.63, 3.8) is 0 Å². The van der Waals surface area contributed by atoms with Crippen molar-refractivity contribution < 1.29 is 26.8 Å². The van der Waals surface area contributed by atoms with Gasteiger partial charge in [0.25, 0.3) is 0 Å². The van der Waals surface area contributed by atoms with Crippen molar-refractivity contribution in [1.82, 2.24) is 0 Å². The number of phenols is 1. The molecule has 25 heavy (non-hydrogen) atoms. The standard InChI is InChI=1S/C20H22O2.2CH4.BrH/c1-4-7-15-9-11-19(21)17(13-15)18-14-16(8-5-2)10-12-20(18)22-6-3;;;/h4-5,9-14,21H,1-2,6-8H2,3H3;2*1H4;1H/p-1. The number of benzene rings is 2. The first-order valence-electron chi connectivity index (χ1n) is 7.49. The van der Waals surface area contributed by atoms with E-state index in [4.69, 9.17) is 4.74 Å². The van der Waals surface area contributed by atoms with Crippen LogP contribution in [0.25, 0.3) is 11.1 Å². The highest BCUT2D eigenvalue weighted by Gasteiger charge is 2.12. The van der Waals surface area contributed by atoms with E-state index >= 15 is 0 Å². The van der Waals surface area contributed by atoms with Gasteiger partial charge in [0, 0.05) is 11.1 Å². The van der Waals surface area contributed by atoms with Crippen LogP contribution in [0.5, 0.6) is 11.5 Å². The second-order valence-electron chi connectivity index (χ2n) is 5.10. The van der Waals surface area contributed by atoms with Crippen LogP contribution >= 0.6 is 0 Å². The van der Waals surface area contributed by atoms with Crippen molar-refractivity contribution in [2.45, 2.75) is 34.6 Å². The number of hydrogen-bond acceptors (Lipinski definition) is 2. The lowest BCUT2D eigenvalue weighted by Crippen LogP contribution is -3.00. The molecule has 0 saturated carbocycles. The van der Waals surface area contributed by atoms with Gasteiger partial charge in [0.1, 0.15) is 11.5 Å². The molecule has 0 unspecified atom stereocenters. The van der Waals surface area contributed by atoms with Crippen LogP contribution in [0, 0.1) is 0 Å². The van der Waals surface area contributed by atoms with E-state index in [1.807, 2.05) is 43.3 Å². The number of aromatic hydroxyl groups is 1. The third-order valence-electron chi connectivity index (χ3n) is 3.46. The lowest BCUT2D eigenvalue weighted by molar-refractivity contribution is -0.00000676. The fraction of sp³-hybridized carbons (Fsp3) is 0.273. The van der Waals surface area contributed by atoms with E-state index in [9.17, 15) is 5.11 Å². The van der Waals surface area contributed by atoms with Crippen LogP contribution in [0.4, 0.5) is 0 Å². The van der Waals surface area contributed by atoms with E-state index in [0.29, 0.717) is 6.61 Å². The Labute approximate surface area is 163 Å². The number of phenolic OH excluding ortho intramolecular Hbond substituents is 1. The molecule has 1 N–H and O–H groups in total. The minimum Gasteiger partial charge on any atom is -1.00 e. The van der Waals surface area contributed by atoms with Crippen molar-refractivity contribution in [1.29, 1.82) is 0 Å². The molecule has 2 aromatic carbocycles. The molecule has 0 radical (unpaired) electrons. The van der Waals surface area contributed by atoms with Gasteiger partial charge in [-0.2, -0.15) is 0 Å². The largest absolute Gasteiger partial charge is 1.00 e. The Balaban J connectivity index is 0. The zero-order valence-electron chi connectivity index (χ0n) is 13.4. The highest BCUT2D eigenvalue weighted by atomic mass is 79.9. The summed E-state index contributed by atoms with van der Waals surface area (Å²) in [7, 11) is 0. The third-order valence-corrected chi connectivity index (χ3v) is 3.46. The molecule has 0 aromatic heterocycles. The third kappa shape index (κ3) is 6.43. The molecule has 0 saturated heterocycles. The molecular formula is C22H30BrO2-. The molecule has 0 heterocycles. The summed E-state index contributed by atoms with van der Waals surface area (Å²) in [6.45, 7) is 10.1. The molecule has 138 valence electrons. The summed E-state index contributed by atoms with van der Waals surface area (Å²) in [5.41, 5.74) is 3.94. The smallest absolute Gasteiger partial charge is 0.127 e. The van der Waals surface area contributed by atoms with E-state index in [-0.39, 0.29) is 37.6 Å². The van der Waals surface area contributed by atoms with Crippen LogP contribution in [0.3, 0.4) is 0 Å². The van der Waals surface area contributed by atoms with Gasteiger partial charge in [0.15, 0.2) is 0 Å². The Morgan fingerprint density at radius 1 is 0.920 bits per heavy atom. The molecule has 0 amide bonds. The molecule has 0 atom stereocenters. The maximum atomic E-state index is 10.3. The Bertz CT molecular complexity index is 678. The SMILES string of the molecule is C.C.C=CCc1ccc(O)c(-c2cc(CC=C)ccc2OCC)c1.[Br-].